The van der Waals surface area contributed by atoms with E-state index in [2.05, 4.69) is 77.7 Å². The summed E-state index contributed by atoms with van der Waals surface area (Å²) in [6, 6.07) is 14.7. The van der Waals surface area contributed by atoms with E-state index >= 15 is 0 Å². The summed E-state index contributed by atoms with van der Waals surface area (Å²) in [5.74, 6) is 0. The predicted octanol–water partition coefficient (Wildman–Crippen LogP) is 5.11. The third-order valence-corrected chi connectivity index (χ3v) is 3.95. The van der Waals surface area contributed by atoms with Gasteiger partial charge in [0.1, 0.15) is 0 Å². The van der Waals surface area contributed by atoms with Crippen LogP contribution in [0.5, 0.6) is 0 Å². The summed E-state index contributed by atoms with van der Waals surface area (Å²) in [5.41, 5.74) is 4.67. The topological polar surface area (TPSA) is 24.1 Å². The number of hydrogen-bond acceptors (Lipinski definition) is 1. The maximum atomic E-state index is 5.39. The molecular weight excluding hydrogens is 344 g/mol. The summed E-state index contributed by atoms with van der Waals surface area (Å²) in [4.78, 5) is 0. The fourth-order valence-corrected chi connectivity index (χ4v) is 2.80. The first kappa shape index (κ1) is 16.0. The van der Waals surface area contributed by atoms with E-state index in [0.717, 1.165) is 10.2 Å². The van der Waals surface area contributed by atoms with Crippen molar-refractivity contribution in [3.8, 4) is 0 Å². The minimum Gasteiger partial charge on any atom is -0.356 e. The van der Waals surface area contributed by atoms with Crippen molar-refractivity contribution in [2.24, 2.45) is 0 Å². The number of hydrogen-bond donors (Lipinski definition) is 2. The summed E-state index contributed by atoms with van der Waals surface area (Å²) in [6.45, 7) is 6.26. The van der Waals surface area contributed by atoms with Crippen molar-refractivity contribution in [1.29, 1.82) is 0 Å². The van der Waals surface area contributed by atoms with E-state index in [0.29, 0.717) is 5.11 Å². The fourth-order valence-electron chi connectivity index (χ4n) is 2.25. The van der Waals surface area contributed by atoms with Gasteiger partial charge in [0.2, 0.25) is 0 Å². The highest BCUT2D eigenvalue weighted by Gasteiger charge is 2.07. The minimum atomic E-state index is 0.156. The molecule has 2 nitrogen and oxygen atoms in total. The van der Waals surface area contributed by atoms with Crippen LogP contribution in [0.2, 0.25) is 0 Å². The van der Waals surface area contributed by atoms with Crippen LogP contribution in [0, 0.1) is 13.8 Å². The number of thiocarbonyl (C=S) groups is 1. The lowest BCUT2D eigenvalue weighted by atomic mass is 10.1. The van der Waals surface area contributed by atoms with Gasteiger partial charge in [0.05, 0.1) is 6.04 Å². The van der Waals surface area contributed by atoms with Crippen molar-refractivity contribution in [2.75, 3.05) is 5.32 Å². The largest absolute Gasteiger partial charge is 0.356 e. The Morgan fingerprint density at radius 3 is 2.19 bits per heavy atom. The maximum Gasteiger partial charge on any atom is 0.171 e. The molecule has 0 saturated heterocycles. The van der Waals surface area contributed by atoms with Gasteiger partial charge in [0.25, 0.3) is 0 Å². The van der Waals surface area contributed by atoms with E-state index < -0.39 is 0 Å². The average molecular weight is 363 g/mol. The molecule has 0 fully saturated rings. The van der Waals surface area contributed by atoms with Gasteiger partial charge >= 0.3 is 0 Å². The second-order valence-corrected chi connectivity index (χ2v) is 6.57. The molecule has 0 aliphatic rings. The van der Waals surface area contributed by atoms with Gasteiger partial charge in [-0.05, 0) is 73.9 Å². The van der Waals surface area contributed by atoms with Crippen LogP contribution in [0.1, 0.15) is 29.7 Å². The molecule has 110 valence electrons. The third-order valence-electron chi connectivity index (χ3n) is 3.20. The highest BCUT2D eigenvalue weighted by molar-refractivity contribution is 9.10. The molecule has 0 aliphatic heterocycles. The molecular formula is C17H19BrN2S. The van der Waals surface area contributed by atoms with Crippen LogP contribution in [0.25, 0.3) is 0 Å². The van der Waals surface area contributed by atoms with Crippen molar-refractivity contribution in [1.82, 2.24) is 5.32 Å². The van der Waals surface area contributed by atoms with Crippen LogP contribution in [0.3, 0.4) is 0 Å². The lowest BCUT2D eigenvalue weighted by molar-refractivity contribution is 0.722. The molecule has 4 heteroatoms. The molecule has 0 radical (unpaired) electrons. The van der Waals surface area contributed by atoms with Crippen LogP contribution in [0.4, 0.5) is 5.69 Å². The Kier molecular flexibility index (Phi) is 5.37. The molecule has 2 rings (SSSR count). The first-order valence-electron chi connectivity index (χ1n) is 6.85. The molecule has 0 aliphatic carbocycles. The Morgan fingerprint density at radius 1 is 1.05 bits per heavy atom. The van der Waals surface area contributed by atoms with E-state index in [4.69, 9.17) is 12.2 Å². The number of rotatable bonds is 3. The summed E-state index contributed by atoms with van der Waals surface area (Å²) in [6.07, 6.45) is 0. The highest BCUT2D eigenvalue weighted by Crippen LogP contribution is 2.17. The van der Waals surface area contributed by atoms with E-state index in [9.17, 15) is 0 Å². The van der Waals surface area contributed by atoms with Crippen LogP contribution in [-0.4, -0.2) is 5.11 Å². The van der Waals surface area contributed by atoms with Crippen molar-refractivity contribution >= 4 is 38.9 Å². The smallest absolute Gasteiger partial charge is 0.171 e. The Bertz CT molecular complexity index is 617. The predicted molar refractivity (Wildman–Crippen MR) is 97.8 cm³/mol. The van der Waals surface area contributed by atoms with Gasteiger partial charge in [-0.2, -0.15) is 0 Å². The van der Waals surface area contributed by atoms with Crippen LogP contribution < -0.4 is 10.6 Å². The van der Waals surface area contributed by atoms with Gasteiger partial charge in [-0.15, -0.1) is 0 Å². The molecule has 0 saturated carbocycles. The van der Waals surface area contributed by atoms with E-state index in [1.807, 2.05) is 12.1 Å². The molecule has 2 aromatic carbocycles. The zero-order chi connectivity index (χ0) is 15.4. The van der Waals surface area contributed by atoms with Gasteiger partial charge in [-0.25, -0.2) is 0 Å². The van der Waals surface area contributed by atoms with Crippen LogP contribution in [-0.2, 0) is 0 Å². The summed E-state index contributed by atoms with van der Waals surface area (Å²) < 4.78 is 1.08. The van der Waals surface area contributed by atoms with Crippen LogP contribution in [0.15, 0.2) is 46.9 Å². The molecule has 21 heavy (non-hydrogen) atoms. The van der Waals surface area contributed by atoms with Gasteiger partial charge < -0.3 is 10.6 Å². The standard InChI is InChI=1S/C17H19BrN2S/c1-11-8-12(2)10-16(9-11)20-17(21)19-13(3)14-4-6-15(18)7-5-14/h4-10,13H,1-3H3,(H2,19,20,21)/t13-/m0/s1. The number of anilines is 1. The second kappa shape index (κ2) is 7.05. The molecule has 0 amide bonds. The molecule has 2 N–H and O–H groups in total. The monoisotopic (exact) mass is 362 g/mol. The zero-order valence-electron chi connectivity index (χ0n) is 12.4. The maximum absolute atomic E-state index is 5.39. The Morgan fingerprint density at radius 2 is 1.62 bits per heavy atom. The molecule has 0 aromatic heterocycles. The first-order valence-corrected chi connectivity index (χ1v) is 8.05. The van der Waals surface area contributed by atoms with Gasteiger partial charge in [-0.3, -0.25) is 0 Å². The van der Waals surface area contributed by atoms with Crippen molar-refractivity contribution in [2.45, 2.75) is 26.8 Å². The van der Waals surface area contributed by atoms with E-state index in [-0.39, 0.29) is 6.04 Å². The zero-order valence-corrected chi connectivity index (χ0v) is 14.8. The number of halogens is 1. The SMILES string of the molecule is Cc1cc(C)cc(NC(=S)N[C@@H](C)c2ccc(Br)cc2)c1. The molecule has 0 heterocycles. The number of aryl methyl sites for hydroxylation is 2. The quantitative estimate of drug-likeness (QED) is 0.741. The van der Waals surface area contributed by atoms with Gasteiger partial charge in [-0.1, -0.05) is 34.1 Å². The number of benzene rings is 2. The second-order valence-electron chi connectivity index (χ2n) is 5.25. The molecule has 0 bridgehead atoms. The fraction of sp³-hybridized carbons (Fsp3) is 0.235. The Hall–Kier alpha value is -1.39. The van der Waals surface area contributed by atoms with Crippen LogP contribution >= 0.6 is 28.1 Å². The average Bonchev–Trinajstić information content (AvgIpc) is 2.37. The number of nitrogens with one attached hydrogen (secondary N) is 2. The molecule has 0 spiro atoms. The lowest BCUT2D eigenvalue weighted by Crippen LogP contribution is -2.30. The Balaban J connectivity index is 1.99. The van der Waals surface area contributed by atoms with Gasteiger partial charge in [0.15, 0.2) is 5.11 Å². The Labute approximate surface area is 140 Å². The van der Waals surface area contributed by atoms with Crippen molar-refractivity contribution in [3.05, 3.63) is 63.6 Å². The molecule has 2 aromatic rings. The van der Waals surface area contributed by atoms with Crippen molar-refractivity contribution in [3.63, 3.8) is 0 Å². The summed E-state index contributed by atoms with van der Waals surface area (Å²) >= 11 is 8.84. The summed E-state index contributed by atoms with van der Waals surface area (Å²) in [7, 11) is 0. The summed E-state index contributed by atoms with van der Waals surface area (Å²) in [5, 5.41) is 7.19. The normalized spacial score (nSPS) is 11.8. The molecule has 1 atom stereocenters. The molecule has 0 unspecified atom stereocenters. The van der Waals surface area contributed by atoms with Gasteiger partial charge in [0, 0.05) is 10.2 Å². The minimum absolute atomic E-state index is 0.156. The van der Waals surface area contributed by atoms with E-state index in [1.54, 1.807) is 0 Å². The van der Waals surface area contributed by atoms with E-state index in [1.165, 1.54) is 16.7 Å². The van der Waals surface area contributed by atoms with Crippen molar-refractivity contribution < 1.29 is 0 Å². The first-order chi connectivity index (χ1) is 9.94. The highest BCUT2D eigenvalue weighted by atomic mass is 79.9. The lowest BCUT2D eigenvalue weighted by Gasteiger charge is -2.18. The third kappa shape index (κ3) is 4.83.